The minimum Gasteiger partial charge on any atom is -0.366 e. The van der Waals surface area contributed by atoms with E-state index in [0.29, 0.717) is 27.9 Å². The number of amides is 1. The standard InChI is InChI=1S/C14H14FN5OS/c1-7-10(12(16)21)11(8-4-3-5-9(15)6-8)20-13(17-7)18-14(19-20)22-2/h3-6,11H,1-2H3,(H2,16,21)(H,17,18,19)/t11-/m1/s1. The zero-order valence-corrected chi connectivity index (χ0v) is 12.8. The molecule has 114 valence electrons. The molecule has 0 bridgehead atoms. The second kappa shape index (κ2) is 5.45. The number of allylic oxidation sites excluding steroid dienone is 1. The number of thioether (sulfide) groups is 1. The zero-order valence-electron chi connectivity index (χ0n) is 12.0. The molecule has 0 radical (unpaired) electrons. The molecule has 0 aliphatic carbocycles. The molecule has 0 spiro atoms. The lowest BCUT2D eigenvalue weighted by Crippen LogP contribution is -2.31. The van der Waals surface area contributed by atoms with Crippen LogP contribution in [0, 0.1) is 5.82 Å². The van der Waals surface area contributed by atoms with Gasteiger partial charge in [0, 0.05) is 5.70 Å². The van der Waals surface area contributed by atoms with E-state index in [1.165, 1.54) is 23.9 Å². The van der Waals surface area contributed by atoms with Crippen molar-refractivity contribution in [1.29, 1.82) is 0 Å². The Morgan fingerprint density at radius 1 is 1.50 bits per heavy atom. The van der Waals surface area contributed by atoms with Gasteiger partial charge in [-0.25, -0.2) is 9.07 Å². The van der Waals surface area contributed by atoms with Crippen LogP contribution in [0.1, 0.15) is 18.5 Å². The van der Waals surface area contributed by atoms with Crippen molar-refractivity contribution in [3.63, 3.8) is 0 Å². The molecule has 0 fully saturated rings. The van der Waals surface area contributed by atoms with Gasteiger partial charge in [-0.2, -0.15) is 4.98 Å². The smallest absolute Gasteiger partial charge is 0.248 e. The number of nitrogens with zero attached hydrogens (tertiary/aromatic N) is 3. The predicted molar refractivity (Wildman–Crippen MR) is 81.9 cm³/mol. The van der Waals surface area contributed by atoms with Gasteiger partial charge >= 0.3 is 0 Å². The van der Waals surface area contributed by atoms with E-state index in [1.807, 2.05) is 6.26 Å². The third-order valence-corrected chi connectivity index (χ3v) is 3.98. The van der Waals surface area contributed by atoms with Gasteiger partial charge in [-0.15, -0.1) is 5.10 Å². The maximum absolute atomic E-state index is 13.6. The van der Waals surface area contributed by atoms with E-state index in [2.05, 4.69) is 15.4 Å². The van der Waals surface area contributed by atoms with E-state index in [-0.39, 0.29) is 5.82 Å². The highest BCUT2D eigenvalue weighted by molar-refractivity contribution is 7.98. The van der Waals surface area contributed by atoms with E-state index < -0.39 is 11.9 Å². The molecular weight excluding hydrogens is 305 g/mol. The molecule has 0 saturated carbocycles. The summed E-state index contributed by atoms with van der Waals surface area (Å²) < 4.78 is 15.2. The molecular formula is C14H14FN5OS. The van der Waals surface area contributed by atoms with Gasteiger partial charge in [-0.1, -0.05) is 23.9 Å². The number of carbonyl (C=O) groups excluding carboxylic acids is 1. The Kier molecular flexibility index (Phi) is 3.61. The lowest BCUT2D eigenvalue weighted by molar-refractivity contribution is -0.115. The molecule has 6 nitrogen and oxygen atoms in total. The molecule has 0 saturated heterocycles. The Balaban J connectivity index is 2.22. The van der Waals surface area contributed by atoms with E-state index >= 15 is 0 Å². The van der Waals surface area contributed by atoms with Crippen LogP contribution in [0.3, 0.4) is 0 Å². The van der Waals surface area contributed by atoms with Gasteiger partial charge in [0.2, 0.25) is 17.0 Å². The maximum Gasteiger partial charge on any atom is 0.248 e. The fraction of sp³-hybridized carbons (Fsp3) is 0.214. The van der Waals surface area contributed by atoms with Gasteiger partial charge in [0.25, 0.3) is 0 Å². The van der Waals surface area contributed by atoms with Crippen molar-refractivity contribution < 1.29 is 9.18 Å². The summed E-state index contributed by atoms with van der Waals surface area (Å²) in [6, 6.07) is 5.45. The molecule has 8 heteroatoms. The van der Waals surface area contributed by atoms with Crippen LogP contribution >= 0.6 is 11.8 Å². The lowest BCUT2D eigenvalue weighted by atomic mass is 9.95. The van der Waals surface area contributed by atoms with Gasteiger partial charge in [0.05, 0.1) is 5.57 Å². The first-order chi connectivity index (χ1) is 10.5. The molecule has 3 N–H and O–H groups in total. The molecule has 2 aromatic rings. The third kappa shape index (κ3) is 2.35. The zero-order chi connectivity index (χ0) is 15.9. The van der Waals surface area contributed by atoms with Crippen LogP contribution in [0.5, 0.6) is 0 Å². The summed E-state index contributed by atoms with van der Waals surface area (Å²) in [5.41, 5.74) is 7.05. The van der Waals surface area contributed by atoms with E-state index in [9.17, 15) is 9.18 Å². The normalized spacial score (nSPS) is 17.1. The van der Waals surface area contributed by atoms with Crippen molar-refractivity contribution in [2.75, 3.05) is 11.6 Å². The topological polar surface area (TPSA) is 85.8 Å². The number of primary amides is 1. The highest BCUT2D eigenvalue weighted by Crippen LogP contribution is 2.35. The summed E-state index contributed by atoms with van der Waals surface area (Å²) in [5.74, 6) is -0.462. The fourth-order valence-electron chi connectivity index (χ4n) is 2.52. The number of fused-ring (bicyclic) bond motifs is 1. The van der Waals surface area contributed by atoms with Crippen LogP contribution in [0.2, 0.25) is 0 Å². The van der Waals surface area contributed by atoms with Gasteiger partial charge in [-0.05, 0) is 30.9 Å². The number of hydrogen-bond acceptors (Lipinski definition) is 5. The average molecular weight is 319 g/mol. The Morgan fingerprint density at radius 3 is 2.91 bits per heavy atom. The minimum atomic E-state index is -0.599. The number of benzene rings is 1. The quantitative estimate of drug-likeness (QED) is 0.844. The lowest BCUT2D eigenvalue weighted by Gasteiger charge is -2.27. The molecule has 1 aliphatic heterocycles. The number of aromatic nitrogens is 3. The first-order valence-corrected chi connectivity index (χ1v) is 7.77. The van der Waals surface area contributed by atoms with Crippen LogP contribution < -0.4 is 11.1 Å². The number of rotatable bonds is 3. The first-order valence-electron chi connectivity index (χ1n) is 6.55. The number of halogens is 1. The molecule has 1 aromatic carbocycles. The van der Waals surface area contributed by atoms with Gasteiger partial charge in [0.1, 0.15) is 11.9 Å². The first kappa shape index (κ1) is 14.6. The third-order valence-electron chi connectivity index (χ3n) is 3.45. The summed E-state index contributed by atoms with van der Waals surface area (Å²) >= 11 is 1.38. The maximum atomic E-state index is 13.6. The Hall–Kier alpha value is -2.35. The fourth-order valence-corrected chi connectivity index (χ4v) is 2.87. The van der Waals surface area contributed by atoms with E-state index in [0.717, 1.165) is 0 Å². The summed E-state index contributed by atoms with van der Waals surface area (Å²) in [5, 5.41) is 7.94. The molecule has 0 unspecified atom stereocenters. The summed E-state index contributed by atoms with van der Waals surface area (Å²) in [7, 11) is 0. The van der Waals surface area contributed by atoms with Crippen molar-refractivity contribution >= 4 is 23.6 Å². The predicted octanol–water partition coefficient (Wildman–Crippen LogP) is 1.91. The number of nitrogens with two attached hydrogens (primary N) is 1. The van der Waals surface area contributed by atoms with Gasteiger partial charge in [-0.3, -0.25) is 4.79 Å². The Morgan fingerprint density at radius 2 is 2.27 bits per heavy atom. The summed E-state index contributed by atoms with van der Waals surface area (Å²) in [6.07, 6.45) is 1.85. The number of carbonyl (C=O) groups is 1. The number of nitrogens with one attached hydrogen (secondary N) is 1. The van der Waals surface area contributed by atoms with E-state index in [4.69, 9.17) is 5.73 Å². The largest absolute Gasteiger partial charge is 0.366 e. The number of anilines is 1. The van der Waals surface area contributed by atoms with Crippen LogP contribution in [-0.2, 0) is 4.79 Å². The monoisotopic (exact) mass is 319 g/mol. The molecule has 1 aromatic heterocycles. The highest BCUT2D eigenvalue weighted by Gasteiger charge is 2.33. The van der Waals surface area contributed by atoms with Crippen molar-refractivity contribution in [2.24, 2.45) is 5.73 Å². The SMILES string of the molecule is CSc1nc2n(n1)[C@H](c1cccc(F)c1)C(C(N)=O)=C(C)N2. The molecule has 3 rings (SSSR count). The second-order valence-electron chi connectivity index (χ2n) is 4.85. The number of hydrogen-bond donors (Lipinski definition) is 2. The van der Waals surface area contributed by atoms with Crippen molar-refractivity contribution in [3.8, 4) is 0 Å². The average Bonchev–Trinajstić information content (AvgIpc) is 2.87. The van der Waals surface area contributed by atoms with Crippen molar-refractivity contribution in [2.45, 2.75) is 18.1 Å². The van der Waals surface area contributed by atoms with Crippen LogP contribution in [0.25, 0.3) is 0 Å². The van der Waals surface area contributed by atoms with Crippen molar-refractivity contribution in [3.05, 3.63) is 46.9 Å². The molecule has 1 atom stereocenters. The van der Waals surface area contributed by atoms with Crippen LogP contribution in [-0.4, -0.2) is 26.9 Å². The van der Waals surface area contributed by atoms with E-state index in [1.54, 1.807) is 23.7 Å². The molecule has 2 heterocycles. The molecule has 1 amide bonds. The van der Waals surface area contributed by atoms with Gasteiger partial charge in [0.15, 0.2) is 0 Å². The van der Waals surface area contributed by atoms with Crippen molar-refractivity contribution in [1.82, 2.24) is 14.8 Å². The summed E-state index contributed by atoms with van der Waals surface area (Å²) in [4.78, 5) is 16.2. The Bertz CT molecular complexity index is 785. The van der Waals surface area contributed by atoms with Crippen LogP contribution in [0.15, 0.2) is 40.7 Å². The molecule has 1 aliphatic rings. The second-order valence-corrected chi connectivity index (χ2v) is 5.63. The molecule has 22 heavy (non-hydrogen) atoms. The summed E-state index contributed by atoms with van der Waals surface area (Å²) in [6.45, 7) is 1.74. The highest BCUT2D eigenvalue weighted by atomic mass is 32.2. The van der Waals surface area contributed by atoms with Gasteiger partial charge < -0.3 is 11.1 Å². The minimum absolute atomic E-state index is 0.343. The Labute approximate surface area is 130 Å². The van der Waals surface area contributed by atoms with Crippen LogP contribution in [0.4, 0.5) is 10.3 Å².